The Balaban J connectivity index is 1.85. The van der Waals surface area contributed by atoms with E-state index >= 15 is 0 Å². The molecule has 3 heterocycles. The fraction of sp³-hybridized carbons (Fsp3) is 0.400. The first kappa shape index (κ1) is 25.6. The fourth-order valence-corrected chi connectivity index (χ4v) is 4.84. The van der Waals surface area contributed by atoms with Crippen LogP contribution in [0.15, 0.2) is 39.2 Å². The van der Waals surface area contributed by atoms with Crippen molar-refractivity contribution in [2.45, 2.75) is 37.8 Å². The lowest BCUT2D eigenvalue weighted by atomic mass is 10.0. The number of rotatable bonds is 9. The number of aliphatic carboxylic acids is 2. The summed E-state index contributed by atoms with van der Waals surface area (Å²) in [6.45, 7) is 3.05. The summed E-state index contributed by atoms with van der Waals surface area (Å²) in [5.41, 5.74) is -2.78. The highest BCUT2D eigenvalue weighted by molar-refractivity contribution is 7.86. The average Bonchev–Trinajstić information content (AvgIpc) is 3.29. The summed E-state index contributed by atoms with van der Waals surface area (Å²) in [5.74, 6) is -5.82. The van der Waals surface area contributed by atoms with E-state index in [9.17, 15) is 38.4 Å². The third-order valence-electron chi connectivity index (χ3n) is 4.99. The molecule has 3 N–H and O–H groups in total. The average molecular weight is 511 g/mol. The summed E-state index contributed by atoms with van der Waals surface area (Å²) < 4.78 is 22.7. The summed E-state index contributed by atoms with van der Waals surface area (Å²) in [5, 5.41) is 23.5. The van der Waals surface area contributed by atoms with Gasteiger partial charge in [-0.15, -0.1) is 0 Å². The van der Waals surface area contributed by atoms with Gasteiger partial charge in [-0.3, -0.25) is 23.5 Å². The topological polar surface area (TPSA) is 202 Å². The SMILES string of the molecule is CC(=O)OCC1=C(C(=O)O)N2C(=O)[C@@H](NC(=O)C(=NOC(C)(C)C(=O)O)c3ccco3)[C@H]2[S@](=O)C1. The van der Waals surface area contributed by atoms with Crippen LogP contribution in [-0.4, -0.2) is 84.1 Å². The predicted molar refractivity (Wildman–Crippen MR) is 115 cm³/mol. The second-order valence-corrected chi connectivity index (χ2v) is 9.47. The monoisotopic (exact) mass is 511 g/mol. The van der Waals surface area contributed by atoms with Crippen molar-refractivity contribution in [1.82, 2.24) is 10.2 Å². The van der Waals surface area contributed by atoms with Crippen LogP contribution in [0, 0.1) is 0 Å². The first-order valence-corrected chi connectivity index (χ1v) is 11.4. The van der Waals surface area contributed by atoms with E-state index in [0.717, 1.165) is 11.8 Å². The molecule has 188 valence electrons. The number of nitrogens with one attached hydrogen (secondary N) is 1. The number of oxime groups is 1. The highest BCUT2D eigenvalue weighted by Gasteiger charge is 2.57. The normalized spacial score (nSPS) is 22.1. The van der Waals surface area contributed by atoms with Gasteiger partial charge in [0.25, 0.3) is 11.8 Å². The molecule has 0 aliphatic carbocycles. The number of esters is 1. The standard InChI is InChI=1S/C20H21N3O11S/c1-9(24)33-7-10-8-35(31)17-13(16(26)23(17)14(10)18(27)28)21-15(25)12(11-5-4-6-32-11)22-34-20(2,3)19(29)30/h4-6,13,17H,7-8H2,1-3H3,(H,21,25)(H,27,28)(H,29,30)/t13-,17-,35-/m1/s1. The first-order chi connectivity index (χ1) is 16.3. The van der Waals surface area contributed by atoms with E-state index < -0.39 is 75.6 Å². The molecule has 2 aliphatic heterocycles. The number of carbonyl (C=O) groups is 5. The van der Waals surface area contributed by atoms with E-state index in [-0.39, 0.29) is 17.1 Å². The van der Waals surface area contributed by atoms with Gasteiger partial charge in [0.2, 0.25) is 11.3 Å². The minimum absolute atomic E-state index is 0.0115. The maximum Gasteiger partial charge on any atom is 0.352 e. The van der Waals surface area contributed by atoms with E-state index in [1.165, 1.54) is 32.2 Å². The molecule has 0 unspecified atom stereocenters. The summed E-state index contributed by atoms with van der Waals surface area (Å²) >= 11 is 0. The third kappa shape index (κ3) is 5.08. The molecule has 0 spiro atoms. The van der Waals surface area contributed by atoms with Crippen LogP contribution in [0.25, 0.3) is 0 Å². The smallest absolute Gasteiger partial charge is 0.352 e. The number of furan rings is 1. The van der Waals surface area contributed by atoms with Crippen LogP contribution in [0.5, 0.6) is 0 Å². The number of carbonyl (C=O) groups excluding carboxylic acids is 3. The number of hydrogen-bond donors (Lipinski definition) is 3. The first-order valence-electron chi connectivity index (χ1n) is 9.98. The summed E-state index contributed by atoms with van der Waals surface area (Å²) in [6.07, 6.45) is 1.22. The zero-order valence-electron chi connectivity index (χ0n) is 18.7. The van der Waals surface area contributed by atoms with E-state index in [2.05, 4.69) is 10.5 Å². The molecule has 3 atom stereocenters. The molecule has 1 fully saturated rings. The van der Waals surface area contributed by atoms with E-state index in [0.29, 0.717) is 0 Å². The molecule has 1 aromatic rings. The maximum atomic E-state index is 12.9. The van der Waals surface area contributed by atoms with Crippen LogP contribution in [0.4, 0.5) is 0 Å². The minimum Gasteiger partial charge on any atom is -0.478 e. The van der Waals surface area contributed by atoms with E-state index in [4.69, 9.17) is 14.0 Å². The number of amides is 2. The minimum atomic E-state index is -1.85. The predicted octanol–water partition coefficient (Wildman–Crippen LogP) is -0.819. The molecule has 1 aromatic heterocycles. The van der Waals surface area contributed by atoms with Gasteiger partial charge in [-0.2, -0.15) is 0 Å². The van der Waals surface area contributed by atoms with Crippen molar-refractivity contribution in [2.75, 3.05) is 12.4 Å². The van der Waals surface area contributed by atoms with Crippen molar-refractivity contribution >= 4 is 46.2 Å². The Morgan fingerprint density at radius 1 is 1.31 bits per heavy atom. The largest absolute Gasteiger partial charge is 0.478 e. The van der Waals surface area contributed by atoms with Gasteiger partial charge in [0, 0.05) is 12.5 Å². The number of carboxylic acids is 2. The zero-order chi connectivity index (χ0) is 26.1. The Hall–Kier alpha value is -4.01. The molecule has 35 heavy (non-hydrogen) atoms. The van der Waals surface area contributed by atoms with Gasteiger partial charge in [0.1, 0.15) is 23.7 Å². The van der Waals surface area contributed by atoms with Gasteiger partial charge in [-0.25, -0.2) is 9.59 Å². The Morgan fingerprint density at radius 3 is 2.54 bits per heavy atom. The highest BCUT2D eigenvalue weighted by Crippen LogP contribution is 2.35. The van der Waals surface area contributed by atoms with E-state index in [1.54, 1.807) is 0 Å². The number of fused-ring (bicyclic) bond motifs is 1. The molecular formula is C20H21N3O11S. The maximum absolute atomic E-state index is 12.9. The Bertz CT molecular complexity index is 1170. The molecule has 0 aromatic carbocycles. The van der Waals surface area contributed by atoms with Crippen molar-refractivity contribution < 1.29 is 52.4 Å². The summed E-state index contributed by atoms with van der Waals surface area (Å²) in [4.78, 5) is 65.7. The molecule has 3 rings (SSSR count). The quantitative estimate of drug-likeness (QED) is 0.162. The second kappa shape index (κ2) is 9.69. The lowest BCUT2D eigenvalue weighted by molar-refractivity contribution is -0.161. The van der Waals surface area contributed by atoms with Gasteiger partial charge in [-0.05, 0) is 26.0 Å². The van der Waals surface area contributed by atoms with Crippen molar-refractivity contribution in [2.24, 2.45) is 5.16 Å². The Kier molecular flexibility index (Phi) is 7.09. The fourth-order valence-electron chi connectivity index (χ4n) is 3.17. The molecular weight excluding hydrogens is 490 g/mol. The number of β-lactam (4-membered cyclic amide) rings is 1. The van der Waals surface area contributed by atoms with Crippen LogP contribution in [0.2, 0.25) is 0 Å². The molecule has 2 amide bonds. The highest BCUT2D eigenvalue weighted by atomic mass is 32.2. The number of ether oxygens (including phenoxy) is 1. The van der Waals surface area contributed by atoms with Crippen LogP contribution < -0.4 is 5.32 Å². The molecule has 2 aliphatic rings. The van der Waals surface area contributed by atoms with E-state index in [1.807, 2.05) is 0 Å². The molecule has 1 saturated heterocycles. The Labute approximate surface area is 200 Å². The lowest BCUT2D eigenvalue weighted by Crippen LogP contribution is -2.74. The third-order valence-corrected chi connectivity index (χ3v) is 6.65. The van der Waals surface area contributed by atoms with Crippen molar-refractivity contribution in [3.63, 3.8) is 0 Å². The van der Waals surface area contributed by atoms with Crippen molar-refractivity contribution in [1.29, 1.82) is 0 Å². The van der Waals surface area contributed by atoms with Crippen molar-refractivity contribution in [3.8, 4) is 0 Å². The summed E-state index contributed by atoms with van der Waals surface area (Å²) in [7, 11) is -1.85. The van der Waals surface area contributed by atoms with Crippen LogP contribution >= 0.6 is 0 Å². The van der Waals surface area contributed by atoms with Gasteiger partial charge in [0.05, 0.1) is 22.8 Å². The number of hydrogen-bond acceptors (Lipinski definition) is 10. The summed E-state index contributed by atoms with van der Waals surface area (Å²) in [6, 6.07) is 1.40. The van der Waals surface area contributed by atoms with Crippen LogP contribution in [0.1, 0.15) is 26.5 Å². The van der Waals surface area contributed by atoms with Gasteiger partial charge >= 0.3 is 17.9 Å². The Morgan fingerprint density at radius 2 is 2.00 bits per heavy atom. The van der Waals surface area contributed by atoms with Crippen molar-refractivity contribution in [3.05, 3.63) is 35.4 Å². The van der Waals surface area contributed by atoms with Crippen LogP contribution in [0.3, 0.4) is 0 Å². The van der Waals surface area contributed by atoms with Gasteiger partial charge in [-0.1, -0.05) is 5.16 Å². The molecule has 14 nitrogen and oxygen atoms in total. The van der Waals surface area contributed by atoms with Gasteiger partial charge < -0.3 is 29.5 Å². The number of nitrogens with zero attached hydrogens (tertiary/aromatic N) is 2. The molecule has 0 bridgehead atoms. The number of carboxylic acid groups (broad SMARTS) is 2. The molecule has 15 heteroatoms. The molecule has 0 radical (unpaired) electrons. The second-order valence-electron chi connectivity index (χ2n) is 7.94. The lowest BCUT2D eigenvalue weighted by Gasteiger charge is -2.48. The molecule has 0 saturated carbocycles. The van der Waals surface area contributed by atoms with Crippen LogP contribution in [-0.2, 0) is 44.3 Å². The zero-order valence-corrected chi connectivity index (χ0v) is 19.5. The van der Waals surface area contributed by atoms with Gasteiger partial charge in [0.15, 0.2) is 5.76 Å².